The molecule has 9 heteroatoms. The number of amides is 2. The summed E-state index contributed by atoms with van der Waals surface area (Å²) >= 11 is 17.8. The van der Waals surface area contributed by atoms with Gasteiger partial charge in [0.1, 0.15) is 5.82 Å². The summed E-state index contributed by atoms with van der Waals surface area (Å²) in [6, 6.07) is 10.4. The van der Waals surface area contributed by atoms with Crippen molar-refractivity contribution in [2.75, 3.05) is 0 Å². The Morgan fingerprint density at radius 3 is 2.54 bits per heavy atom. The number of hydrogen-bond donors (Lipinski definition) is 1. The molecule has 0 atom stereocenters. The molecule has 0 radical (unpaired) electrons. The molecule has 26 heavy (non-hydrogen) atoms. The molecule has 1 heterocycles. The topological polar surface area (TPSA) is 49.4 Å². The smallest absolute Gasteiger partial charge is 0.267 e. The number of thiocarbonyl (C=S) groups is 1. The molecule has 1 saturated heterocycles. The molecule has 1 fully saturated rings. The van der Waals surface area contributed by atoms with Gasteiger partial charge in [0.15, 0.2) is 4.32 Å². The quantitative estimate of drug-likeness (QED) is 0.571. The SMILES string of the molecule is O=C(NN1C(=O)/C(=C/c2c(F)cccc2Cl)SC1=S)c1ccc(Cl)cc1. The molecule has 0 saturated carbocycles. The summed E-state index contributed by atoms with van der Waals surface area (Å²) in [5, 5.41) is 1.59. The molecule has 1 aliphatic rings. The third-order valence-corrected chi connectivity index (χ3v) is 5.27. The number of hydrogen-bond acceptors (Lipinski definition) is 4. The van der Waals surface area contributed by atoms with Gasteiger partial charge in [-0.15, -0.1) is 0 Å². The van der Waals surface area contributed by atoms with Gasteiger partial charge in [-0.25, -0.2) is 4.39 Å². The minimum atomic E-state index is -0.568. The highest BCUT2D eigenvalue weighted by Gasteiger charge is 2.34. The third-order valence-electron chi connectivity index (χ3n) is 3.39. The third kappa shape index (κ3) is 3.91. The number of nitrogens with one attached hydrogen (secondary N) is 1. The number of rotatable bonds is 3. The Labute approximate surface area is 167 Å². The molecule has 0 aromatic heterocycles. The van der Waals surface area contributed by atoms with E-state index in [2.05, 4.69) is 5.43 Å². The first-order chi connectivity index (χ1) is 12.4. The van der Waals surface area contributed by atoms with E-state index in [-0.39, 0.29) is 19.8 Å². The lowest BCUT2D eigenvalue weighted by Crippen LogP contribution is -2.44. The number of nitrogens with zero attached hydrogens (tertiary/aromatic N) is 1. The van der Waals surface area contributed by atoms with E-state index >= 15 is 0 Å². The second-order valence-electron chi connectivity index (χ2n) is 5.10. The minimum absolute atomic E-state index is 0.0821. The molecule has 0 aliphatic carbocycles. The first-order valence-electron chi connectivity index (χ1n) is 7.15. The number of benzene rings is 2. The van der Waals surface area contributed by atoms with Crippen LogP contribution in [-0.4, -0.2) is 21.1 Å². The van der Waals surface area contributed by atoms with Crippen molar-refractivity contribution < 1.29 is 14.0 Å². The van der Waals surface area contributed by atoms with E-state index in [1.54, 1.807) is 12.1 Å². The Balaban J connectivity index is 1.82. The average Bonchev–Trinajstić information content (AvgIpc) is 2.86. The van der Waals surface area contributed by atoms with Gasteiger partial charge in [0, 0.05) is 16.1 Å². The van der Waals surface area contributed by atoms with Crippen LogP contribution in [0, 0.1) is 5.82 Å². The summed E-state index contributed by atoms with van der Waals surface area (Å²) in [7, 11) is 0. The van der Waals surface area contributed by atoms with E-state index in [4.69, 9.17) is 35.4 Å². The summed E-state index contributed by atoms with van der Waals surface area (Å²) in [5.41, 5.74) is 2.82. The van der Waals surface area contributed by atoms with Crippen molar-refractivity contribution in [3.63, 3.8) is 0 Å². The van der Waals surface area contributed by atoms with Gasteiger partial charge in [-0.1, -0.05) is 41.0 Å². The van der Waals surface area contributed by atoms with Crippen molar-refractivity contribution in [1.29, 1.82) is 0 Å². The van der Waals surface area contributed by atoms with Crippen molar-refractivity contribution in [2.45, 2.75) is 0 Å². The molecule has 132 valence electrons. The summed E-state index contributed by atoms with van der Waals surface area (Å²) < 4.78 is 14.0. The van der Waals surface area contributed by atoms with E-state index in [1.807, 2.05) is 0 Å². The van der Waals surface area contributed by atoms with Crippen molar-refractivity contribution in [3.05, 3.63) is 74.4 Å². The Bertz CT molecular complexity index is 928. The molecule has 1 aliphatic heterocycles. The Morgan fingerprint density at radius 1 is 1.19 bits per heavy atom. The van der Waals surface area contributed by atoms with Crippen LogP contribution in [0.25, 0.3) is 6.08 Å². The van der Waals surface area contributed by atoms with Crippen LogP contribution in [0.15, 0.2) is 47.4 Å². The van der Waals surface area contributed by atoms with Crippen molar-refractivity contribution in [3.8, 4) is 0 Å². The fourth-order valence-corrected chi connectivity index (χ4v) is 3.62. The fourth-order valence-electron chi connectivity index (χ4n) is 2.11. The zero-order valence-electron chi connectivity index (χ0n) is 12.8. The lowest BCUT2D eigenvalue weighted by molar-refractivity contribution is -0.123. The highest BCUT2D eigenvalue weighted by molar-refractivity contribution is 8.26. The maximum absolute atomic E-state index is 13.9. The predicted molar refractivity (Wildman–Crippen MR) is 105 cm³/mol. The number of carbonyl (C=O) groups is 2. The van der Waals surface area contributed by atoms with Crippen molar-refractivity contribution in [1.82, 2.24) is 10.4 Å². The van der Waals surface area contributed by atoms with Crippen LogP contribution in [0.2, 0.25) is 10.0 Å². The van der Waals surface area contributed by atoms with Gasteiger partial charge in [-0.3, -0.25) is 15.0 Å². The van der Waals surface area contributed by atoms with Gasteiger partial charge < -0.3 is 0 Å². The van der Waals surface area contributed by atoms with E-state index in [0.717, 1.165) is 16.8 Å². The predicted octanol–water partition coefficient (Wildman–Crippen LogP) is 4.68. The zero-order chi connectivity index (χ0) is 18.8. The number of thioether (sulfide) groups is 1. The molecule has 0 spiro atoms. The van der Waals surface area contributed by atoms with E-state index < -0.39 is 17.6 Å². The Kier molecular flexibility index (Phi) is 5.62. The highest BCUT2D eigenvalue weighted by atomic mass is 35.5. The van der Waals surface area contributed by atoms with Crippen LogP contribution in [0.4, 0.5) is 4.39 Å². The molecule has 2 aromatic rings. The summed E-state index contributed by atoms with van der Waals surface area (Å²) in [6.45, 7) is 0. The molecular formula is C17H9Cl2FN2O2S2. The van der Waals surface area contributed by atoms with Crippen LogP contribution < -0.4 is 5.43 Å². The lowest BCUT2D eigenvalue weighted by atomic mass is 10.2. The minimum Gasteiger partial charge on any atom is -0.267 e. The van der Waals surface area contributed by atoms with Crippen LogP contribution >= 0.6 is 47.2 Å². The molecule has 2 aromatic carbocycles. The maximum atomic E-state index is 13.9. The Morgan fingerprint density at radius 2 is 1.88 bits per heavy atom. The molecule has 0 bridgehead atoms. The molecule has 0 unspecified atom stereocenters. The van der Waals surface area contributed by atoms with Gasteiger partial charge in [-0.2, -0.15) is 5.01 Å². The van der Waals surface area contributed by atoms with Crippen LogP contribution in [0.3, 0.4) is 0 Å². The summed E-state index contributed by atoms with van der Waals surface area (Å²) in [4.78, 5) is 24.9. The summed E-state index contributed by atoms with van der Waals surface area (Å²) in [6.07, 6.45) is 1.31. The van der Waals surface area contributed by atoms with Gasteiger partial charge in [0.2, 0.25) is 0 Å². The van der Waals surface area contributed by atoms with Crippen LogP contribution in [-0.2, 0) is 4.79 Å². The largest absolute Gasteiger partial charge is 0.285 e. The van der Waals surface area contributed by atoms with Crippen LogP contribution in [0.5, 0.6) is 0 Å². The molecule has 2 amide bonds. The summed E-state index contributed by atoms with van der Waals surface area (Å²) in [5.74, 6) is -1.65. The van der Waals surface area contributed by atoms with Gasteiger partial charge >= 0.3 is 0 Å². The maximum Gasteiger partial charge on any atom is 0.285 e. The Hall–Kier alpha value is -1.93. The highest BCUT2D eigenvalue weighted by Crippen LogP contribution is 2.33. The van der Waals surface area contributed by atoms with Gasteiger partial charge in [0.05, 0.1) is 9.93 Å². The monoisotopic (exact) mass is 426 g/mol. The lowest BCUT2D eigenvalue weighted by Gasteiger charge is -2.15. The fraction of sp³-hybridized carbons (Fsp3) is 0. The zero-order valence-corrected chi connectivity index (χ0v) is 16.0. The van der Waals surface area contributed by atoms with Gasteiger partial charge in [0.25, 0.3) is 11.8 Å². The molecule has 1 N–H and O–H groups in total. The van der Waals surface area contributed by atoms with Gasteiger partial charge in [-0.05, 0) is 54.7 Å². The van der Waals surface area contributed by atoms with E-state index in [9.17, 15) is 14.0 Å². The number of hydrazine groups is 1. The number of carbonyl (C=O) groups excluding carboxylic acids is 2. The van der Waals surface area contributed by atoms with E-state index in [0.29, 0.717) is 10.6 Å². The first kappa shape index (κ1) is 18.8. The van der Waals surface area contributed by atoms with E-state index in [1.165, 1.54) is 36.4 Å². The first-order valence-corrected chi connectivity index (χ1v) is 9.13. The normalized spacial score (nSPS) is 15.7. The molecular weight excluding hydrogens is 418 g/mol. The standard InChI is InChI=1S/C17H9Cl2FN2O2S2/c18-10-6-4-9(5-7-10)15(23)21-22-16(24)14(26-17(22)25)8-11-12(19)2-1-3-13(11)20/h1-8H,(H,21,23)/b14-8-. The van der Waals surface area contributed by atoms with Crippen molar-refractivity contribution in [2.24, 2.45) is 0 Å². The number of halogens is 3. The second-order valence-corrected chi connectivity index (χ2v) is 7.62. The molecule has 4 nitrogen and oxygen atoms in total. The van der Waals surface area contributed by atoms with Crippen molar-refractivity contribution >= 4 is 69.4 Å². The average molecular weight is 427 g/mol. The van der Waals surface area contributed by atoms with Crippen LogP contribution in [0.1, 0.15) is 15.9 Å². The molecule has 3 rings (SSSR count). The second kappa shape index (κ2) is 7.75.